The first-order chi connectivity index (χ1) is 10.2. The molecular weight excluding hydrogens is 284 g/mol. The molecule has 4 heteroatoms. The van der Waals surface area contributed by atoms with Gasteiger partial charge < -0.3 is 15.0 Å². The van der Waals surface area contributed by atoms with E-state index in [9.17, 15) is 0 Å². The largest absolute Gasteiger partial charge is 0.492 e. The number of halogens is 1. The molecule has 0 radical (unpaired) electrons. The van der Waals surface area contributed by atoms with E-state index in [1.54, 1.807) is 0 Å². The van der Waals surface area contributed by atoms with Gasteiger partial charge in [-0.05, 0) is 38.4 Å². The maximum Gasteiger partial charge on any atom is 0.142 e. The lowest BCUT2D eigenvalue weighted by molar-refractivity contribution is 0.261. The molecule has 21 heavy (non-hydrogen) atoms. The summed E-state index contributed by atoms with van der Waals surface area (Å²) in [4.78, 5) is 2.51. The molecule has 1 aromatic carbocycles. The van der Waals surface area contributed by atoms with E-state index >= 15 is 0 Å². The van der Waals surface area contributed by atoms with E-state index in [2.05, 4.69) is 30.1 Å². The maximum absolute atomic E-state index is 6.29. The van der Waals surface area contributed by atoms with Crippen molar-refractivity contribution in [1.82, 2.24) is 10.2 Å². The monoisotopic (exact) mass is 310 g/mol. The summed E-state index contributed by atoms with van der Waals surface area (Å²) in [6.07, 6.45) is 3.75. The minimum Gasteiger partial charge on any atom is -0.492 e. The van der Waals surface area contributed by atoms with Gasteiger partial charge in [0.15, 0.2) is 0 Å². The minimum absolute atomic E-state index is 0.451. The van der Waals surface area contributed by atoms with Gasteiger partial charge in [0.2, 0.25) is 0 Å². The van der Waals surface area contributed by atoms with E-state index in [1.807, 2.05) is 12.1 Å². The Morgan fingerprint density at radius 1 is 1.29 bits per heavy atom. The van der Waals surface area contributed by atoms with Gasteiger partial charge in [-0.15, -0.1) is 0 Å². The number of ether oxygens (including phenoxy) is 1. The summed E-state index contributed by atoms with van der Waals surface area (Å²) in [5.74, 6) is 0.841. The number of nitrogens with zero attached hydrogens (tertiary/aromatic N) is 1. The molecule has 0 aromatic heterocycles. The van der Waals surface area contributed by atoms with Gasteiger partial charge in [0, 0.05) is 24.7 Å². The number of hydrogen-bond donors (Lipinski definition) is 1. The number of para-hydroxylation sites is 1. The Morgan fingerprint density at radius 2 is 2.05 bits per heavy atom. The second-order valence-electron chi connectivity index (χ2n) is 6.01. The van der Waals surface area contributed by atoms with Gasteiger partial charge in [0.1, 0.15) is 5.75 Å². The summed E-state index contributed by atoms with van der Waals surface area (Å²) in [5, 5.41) is 4.13. The molecule has 1 saturated heterocycles. The van der Waals surface area contributed by atoms with Crippen LogP contribution in [0.5, 0.6) is 5.75 Å². The number of nitrogens with one attached hydrogen (secondary N) is 1. The van der Waals surface area contributed by atoms with Crippen molar-refractivity contribution in [2.45, 2.75) is 45.7 Å². The predicted molar refractivity (Wildman–Crippen MR) is 89.2 cm³/mol. The Morgan fingerprint density at radius 3 is 2.76 bits per heavy atom. The van der Waals surface area contributed by atoms with Crippen molar-refractivity contribution in [3.63, 3.8) is 0 Å². The number of likely N-dealkylation sites (tertiary alicyclic amines) is 1. The normalized spacial score (nSPS) is 15.8. The summed E-state index contributed by atoms with van der Waals surface area (Å²) < 4.78 is 5.96. The molecule has 0 unspecified atom stereocenters. The Bertz CT molecular complexity index is 431. The van der Waals surface area contributed by atoms with E-state index in [0.29, 0.717) is 11.1 Å². The van der Waals surface area contributed by atoms with E-state index in [-0.39, 0.29) is 0 Å². The molecule has 0 amide bonds. The summed E-state index contributed by atoms with van der Waals surface area (Å²) in [5.41, 5.74) is 1.14. The Hall–Kier alpha value is -0.770. The van der Waals surface area contributed by atoms with Crippen LogP contribution in [0.15, 0.2) is 18.2 Å². The third-order valence-electron chi connectivity index (χ3n) is 3.81. The van der Waals surface area contributed by atoms with Gasteiger partial charge in [-0.3, -0.25) is 0 Å². The van der Waals surface area contributed by atoms with Crippen LogP contribution in [0.2, 0.25) is 5.02 Å². The van der Waals surface area contributed by atoms with Crippen LogP contribution < -0.4 is 10.1 Å². The molecule has 1 fully saturated rings. The van der Waals surface area contributed by atoms with Crippen LogP contribution >= 0.6 is 11.6 Å². The van der Waals surface area contributed by atoms with Crippen LogP contribution in [0.1, 0.15) is 38.7 Å². The highest BCUT2D eigenvalue weighted by molar-refractivity contribution is 6.32. The van der Waals surface area contributed by atoms with E-state index in [0.717, 1.165) is 37.4 Å². The summed E-state index contributed by atoms with van der Waals surface area (Å²) in [6.45, 7) is 9.42. The topological polar surface area (TPSA) is 24.5 Å². The fourth-order valence-electron chi connectivity index (χ4n) is 2.64. The molecule has 118 valence electrons. The predicted octanol–water partition coefficient (Wildman–Crippen LogP) is 3.70. The third kappa shape index (κ3) is 5.50. The van der Waals surface area contributed by atoms with Crippen LogP contribution in [0.3, 0.4) is 0 Å². The fraction of sp³-hybridized carbons (Fsp3) is 0.647. The second kappa shape index (κ2) is 8.62. The molecule has 0 saturated carbocycles. The molecule has 0 spiro atoms. The first-order valence-electron chi connectivity index (χ1n) is 8.02. The van der Waals surface area contributed by atoms with Crippen molar-refractivity contribution in [3.8, 4) is 5.75 Å². The zero-order valence-corrected chi connectivity index (χ0v) is 14.0. The lowest BCUT2D eigenvalue weighted by Crippen LogP contribution is -2.23. The summed E-state index contributed by atoms with van der Waals surface area (Å²) in [6, 6.07) is 6.41. The molecule has 1 aromatic rings. The third-order valence-corrected chi connectivity index (χ3v) is 4.11. The smallest absolute Gasteiger partial charge is 0.142 e. The second-order valence-corrected chi connectivity index (χ2v) is 6.42. The first kappa shape index (κ1) is 16.6. The maximum atomic E-state index is 6.29. The number of benzene rings is 1. The Labute approximate surface area is 133 Å². The fourth-order valence-corrected chi connectivity index (χ4v) is 2.89. The highest BCUT2D eigenvalue weighted by atomic mass is 35.5. The quantitative estimate of drug-likeness (QED) is 0.741. The van der Waals surface area contributed by atoms with Gasteiger partial charge in [-0.2, -0.15) is 0 Å². The van der Waals surface area contributed by atoms with Crippen LogP contribution in [0.4, 0.5) is 0 Å². The average Bonchev–Trinajstić information content (AvgIpc) is 2.96. The number of rotatable bonds is 8. The van der Waals surface area contributed by atoms with Crippen molar-refractivity contribution in [3.05, 3.63) is 28.8 Å². The standard InChI is InChI=1S/C17H27ClN2O/c1-14(2)19-13-15-7-5-8-16(18)17(15)21-12-6-11-20-9-3-4-10-20/h5,7-8,14,19H,3-4,6,9-13H2,1-2H3. The minimum atomic E-state index is 0.451. The van der Waals surface area contributed by atoms with Crippen molar-refractivity contribution in [1.29, 1.82) is 0 Å². The molecule has 1 heterocycles. The van der Waals surface area contributed by atoms with Crippen molar-refractivity contribution < 1.29 is 4.74 Å². The van der Waals surface area contributed by atoms with E-state index in [4.69, 9.17) is 16.3 Å². The van der Waals surface area contributed by atoms with Crippen molar-refractivity contribution in [2.24, 2.45) is 0 Å². The van der Waals surface area contributed by atoms with Crippen LogP contribution in [0.25, 0.3) is 0 Å². The van der Waals surface area contributed by atoms with Crippen molar-refractivity contribution in [2.75, 3.05) is 26.2 Å². The summed E-state index contributed by atoms with van der Waals surface area (Å²) in [7, 11) is 0. The molecule has 3 nitrogen and oxygen atoms in total. The Balaban J connectivity index is 1.82. The zero-order chi connectivity index (χ0) is 15.1. The molecule has 1 aliphatic rings. The average molecular weight is 311 g/mol. The van der Waals surface area contributed by atoms with Gasteiger partial charge in [0.05, 0.1) is 11.6 Å². The lowest BCUT2D eigenvalue weighted by Gasteiger charge is -2.17. The first-order valence-corrected chi connectivity index (χ1v) is 8.40. The van der Waals surface area contributed by atoms with Crippen LogP contribution in [0, 0.1) is 0 Å². The highest BCUT2D eigenvalue weighted by Crippen LogP contribution is 2.28. The molecule has 0 atom stereocenters. The SMILES string of the molecule is CC(C)NCc1cccc(Cl)c1OCCCN1CCCC1. The summed E-state index contributed by atoms with van der Waals surface area (Å²) >= 11 is 6.29. The van der Waals surface area contributed by atoms with Gasteiger partial charge in [-0.1, -0.05) is 37.6 Å². The van der Waals surface area contributed by atoms with Gasteiger partial charge in [0.25, 0.3) is 0 Å². The molecule has 1 N–H and O–H groups in total. The molecular formula is C17H27ClN2O. The van der Waals surface area contributed by atoms with Crippen molar-refractivity contribution >= 4 is 11.6 Å². The van der Waals surface area contributed by atoms with E-state index in [1.165, 1.54) is 25.9 Å². The lowest BCUT2D eigenvalue weighted by atomic mass is 10.2. The van der Waals surface area contributed by atoms with Crippen LogP contribution in [-0.4, -0.2) is 37.2 Å². The number of hydrogen-bond acceptors (Lipinski definition) is 3. The van der Waals surface area contributed by atoms with Gasteiger partial charge >= 0.3 is 0 Å². The van der Waals surface area contributed by atoms with E-state index < -0.39 is 0 Å². The molecule has 1 aliphatic heterocycles. The van der Waals surface area contributed by atoms with Crippen LogP contribution in [-0.2, 0) is 6.54 Å². The van der Waals surface area contributed by atoms with Gasteiger partial charge in [-0.25, -0.2) is 0 Å². The molecule has 0 bridgehead atoms. The highest BCUT2D eigenvalue weighted by Gasteiger charge is 2.12. The molecule has 2 rings (SSSR count). The molecule has 0 aliphatic carbocycles. The zero-order valence-electron chi connectivity index (χ0n) is 13.2. The Kier molecular flexibility index (Phi) is 6.81.